The van der Waals surface area contributed by atoms with Crippen LogP contribution in [-0.4, -0.2) is 26.5 Å². The summed E-state index contributed by atoms with van der Waals surface area (Å²) < 4.78 is 45.4. The van der Waals surface area contributed by atoms with Gasteiger partial charge in [0.05, 0.1) is 19.8 Å². The summed E-state index contributed by atoms with van der Waals surface area (Å²) in [6, 6.07) is 4.70. The van der Waals surface area contributed by atoms with E-state index in [2.05, 4.69) is 4.74 Å². The Labute approximate surface area is 104 Å². The molecule has 0 saturated carbocycles. The van der Waals surface area contributed by atoms with Gasteiger partial charge in [0, 0.05) is 5.56 Å². The first kappa shape index (κ1) is 14.8. The third kappa shape index (κ3) is 4.54. The van der Waals surface area contributed by atoms with E-state index in [-0.39, 0.29) is 6.61 Å². The lowest BCUT2D eigenvalue weighted by Crippen LogP contribution is -2.23. The molecule has 0 radical (unpaired) electrons. The van der Waals surface area contributed by atoms with Crippen molar-refractivity contribution in [3.05, 3.63) is 29.3 Å². The lowest BCUT2D eigenvalue weighted by atomic mass is 10.0. The van der Waals surface area contributed by atoms with Crippen LogP contribution in [0.25, 0.3) is 0 Å². The first-order chi connectivity index (χ1) is 8.33. The van der Waals surface area contributed by atoms with Crippen molar-refractivity contribution < 1.29 is 22.6 Å². The summed E-state index contributed by atoms with van der Waals surface area (Å²) in [7, 11) is 1.48. The minimum Gasteiger partial charge on any atom is -0.496 e. The molecule has 102 valence electrons. The van der Waals surface area contributed by atoms with Crippen LogP contribution in [0, 0.1) is 6.92 Å². The number of ether oxygens (including phenoxy) is 2. The van der Waals surface area contributed by atoms with Gasteiger partial charge in [0.2, 0.25) is 0 Å². The van der Waals surface area contributed by atoms with Crippen molar-refractivity contribution in [1.29, 1.82) is 0 Å². The van der Waals surface area contributed by atoms with Gasteiger partial charge in [-0.2, -0.15) is 13.2 Å². The van der Waals surface area contributed by atoms with E-state index in [0.29, 0.717) is 11.3 Å². The summed E-state index contributed by atoms with van der Waals surface area (Å²) >= 11 is 0. The molecule has 0 aromatic heterocycles. The van der Waals surface area contributed by atoms with E-state index in [1.165, 1.54) is 7.11 Å². The molecule has 2 N–H and O–H groups in total. The number of aryl methyl sites for hydroxylation is 1. The Morgan fingerprint density at radius 1 is 1.33 bits per heavy atom. The van der Waals surface area contributed by atoms with Crippen LogP contribution >= 0.6 is 0 Å². The molecule has 0 aliphatic heterocycles. The molecule has 1 aromatic carbocycles. The molecule has 1 aromatic rings. The van der Waals surface area contributed by atoms with Crippen molar-refractivity contribution in [2.45, 2.75) is 19.1 Å². The molecule has 18 heavy (non-hydrogen) atoms. The van der Waals surface area contributed by atoms with Crippen molar-refractivity contribution in [3.8, 4) is 5.75 Å². The highest BCUT2D eigenvalue weighted by molar-refractivity contribution is 5.39. The van der Waals surface area contributed by atoms with Crippen molar-refractivity contribution in [2.75, 3.05) is 20.3 Å². The van der Waals surface area contributed by atoms with Gasteiger partial charge in [0.15, 0.2) is 0 Å². The van der Waals surface area contributed by atoms with Crippen LogP contribution < -0.4 is 10.5 Å². The zero-order chi connectivity index (χ0) is 13.8. The number of rotatable bonds is 5. The molecule has 0 heterocycles. The summed E-state index contributed by atoms with van der Waals surface area (Å²) in [5, 5.41) is 0. The average Bonchev–Trinajstić information content (AvgIpc) is 2.27. The smallest absolute Gasteiger partial charge is 0.411 e. The Kier molecular flexibility index (Phi) is 4.98. The number of methoxy groups -OCH3 is 1. The molecule has 6 heteroatoms. The number of benzene rings is 1. The second kappa shape index (κ2) is 6.06. The number of alkyl halides is 3. The number of hydrogen-bond acceptors (Lipinski definition) is 3. The summed E-state index contributed by atoms with van der Waals surface area (Å²) in [6.07, 6.45) is -4.34. The van der Waals surface area contributed by atoms with E-state index in [4.69, 9.17) is 10.5 Å². The molecular formula is C12H16F3NO2. The van der Waals surface area contributed by atoms with Crippen LogP contribution in [0.15, 0.2) is 18.2 Å². The van der Waals surface area contributed by atoms with E-state index < -0.39 is 18.8 Å². The van der Waals surface area contributed by atoms with E-state index in [1.807, 2.05) is 13.0 Å². The molecule has 0 aliphatic carbocycles. The summed E-state index contributed by atoms with van der Waals surface area (Å²) in [6.45, 7) is 0.361. The van der Waals surface area contributed by atoms with Crippen molar-refractivity contribution in [1.82, 2.24) is 0 Å². The Bertz CT molecular complexity index is 393. The Hall–Kier alpha value is -1.27. The lowest BCUT2D eigenvalue weighted by Gasteiger charge is -2.17. The molecule has 0 bridgehead atoms. The predicted octanol–water partition coefficient (Wildman–Crippen LogP) is 2.58. The van der Waals surface area contributed by atoms with Gasteiger partial charge in [-0.3, -0.25) is 0 Å². The average molecular weight is 263 g/mol. The van der Waals surface area contributed by atoms with Crippen molar-refractivity contribution in [2.24, 2.45) is 5.73 Å². The van der Waals surface area contributed by atoms with Crippen LogP contribution in [-0.2, 0) is 4.74 Å². The maximum atomic E-state index is 11.9. The summed E-state index contributed by atoms with van der Waals surface area (Å²) in [4.78, 5) is 0. The molecule has 0 spiro atoms. The first-order valence-corrected chi connectivity index (χ1v) is 5.38. The summed E-state index contributed by atoms with van der Waals surface area (Å²) in [5.41, 5.74) is 7.39. The molecule has 0 saturated heterocycles. The van der Waals surface area contributed by atoms with E-state index >= 15 is 0 Å². The van der Waals surface area contributed by atoms with Crippen molar-refractivity contribution >= 4 is 0 Å². The SMILES string of the molecule is COc1ccc(C)cc1C(N)COCC(F)(F)F. The van der Waals surface area contributed by atoms with Gasteiger partial charge in [0.1, 0.15) is 12.4 Å². The highest BCUT2D eigenvalue weighted by atomic mass is 19.4. The number of nitrogens with two attached hydrogens (primary N) is 1. The van der Waals surface area contributed by atoms with Crippen LogP contribution in [0.4, 0.5) is 13.2 Å². The normalized spacial score (nSPS) is 13.4. The highest BCUT2D eigenvalue weighted by Crippen LogP contribution is 2.25. The van der Waals surface area contributed by atoms with E-state index in [0.717, 1.165) is 5.56 Å². The van der Waals surface area contributed by atoms with Crippen LogP contribution in [0.1, 0.15) is 17.2 Å². The first-order valence-electron chi connectivity index (χ1n) is 5.38. The van der Waals surface area contributed by atoms with Gasteiger partial charge >= 0.3 is 6.18 Å². The zero-order valence-electron chi connectivity index (χ0n) is 10.3. The quantitative estimate of drug-likeness (QED) is 0.888. The second-order valence-electron chi connectivity index (χ2n) is 3.98. The minimum atomic E-state index is -4.34. The Balaban J connectivity index is 2.66. The molecule has 1 rings (SSSR count). The maximum absolute atomic E-state index is 11.9. The number of halogens is 3. The molecule has 1 atom stereocenters. The fraction of sp³-hybridized carbons (Fsp3) is 0.500. The van der Waals surface area contributed by atoms with Crippen molar-refractivity contribution in [3.63, 3.8) is 0 Å². The molecule has 0 fully saturated rings. The third-order valence-electron chi connectivity index (χ3n) is 2.35. The Morgan fingerprint density at radius 3 is 2.56 bits per heavy atom. The van der Waals surface area contributed by atoms with E-state index in [1.54, 1.807) is 12.1 Å². The Morgan fingerprint density at radius 2 is 2.00 bits per heavy atom. The number of hydrogen-bond donors (Lipinski definition) is 1. The van der Waals surface area contributed by atoms with E-state index in [9.17, 15) is 13.2 Å². The van der Waals surface area contributed by atoms with Gasteiger partial charge in [-0.15, -0.1) is 0 Å². The van der Waals surface area contributed by atoms with Gasteiger partial charge < -0.3 is 15.2 Å². The lowest BCUT2D eigenvalue weighted by molar-refractivity contribution is -0.174. The molecule has 1 unspecified atom stereocenters. The summed E-state index contributed by atoms with van der Waals surface area (Å²) in [5.74, 6) is 0.545. The fourth-order valence-corrected chi connectivity index (χ4v) is 1.53. The van der Waals surface area contributed by atoms with Gasteiger partial charge in [0.25, 0.3) is 0 Å². The monoisotopic (exact) mass is 263 g/mol. The van der Waals surface area contributed by atoms with Crippen LogP contribution in [0.5, 0.6) is 5.75 Å². The van der Waals surface area contributed by atoms with Gasteiger partial charge in [-0.1, -0.05) is 17.7 Å². The molecule has 3 nitrogen and oxygen atoms in total. The molecule has 0 amide bonds. The second-order valence-corrected chi connectivity index (χ2v) is 3.98. The maximum Gasteiger partial charge on any atom is 0.411 e. The minimum absolute atomic E-state index is 0.209. The van der Waals surface area contributed by atoms with Crippen LogP contribution in [0.3, 0.4) is 0 Å². The highest BCUT2D eigenvalue weighted by Gasteiger charge is 2.28. The third-order valence-corrected chi connectivity index (χ3v) is 2.35. The zero-order valence-corrected chi connectivity index (χ0v) is 10.3. The fourth-order valence-electron chi connectivity index (χ4n) is 1.53. The standard InChI is InChI=1S/C12H16F3NO2/c1-8-3-4-11(17-2)9(5-8)10(16)6-18-7-12(13,14)15/h3-5,10H,6-7,16H2,1-2H3. The largest absolute Gasteiger partial charge is 0.496 e. The molecule has 0 aliphatic rings. The van der Waals surface area contributed by atoms with Gasteiger partial charge in [-0.25, -0.2) is 0 Å². The topological polar surface area (TPSA) is 44.5 Å². The van der Waals surface area contributed by atoms with Crippen LogP contribution in [0.2, 0.25) is 0 Å². The predicted molar refractivity (Wildman–Crippen MR) is 61.5 cm³/mol. The van der Waals surface area contributed by atoms with Gasteiger partial charge in [-0.05, 0) is 13.0 Å². The molecular weight excluding hydrogens is 247 g/mol.